The van der Waals surface area contributed by atoms with E-state index in [1.54, 1.807) is 10.8 Å². The third-order valence-corrected chi connectivity index (χ3v) is 5.51. The summed E-state index contributed by atoms with van der Waals surface area (Å²) in [6, 6.07) is 5.76. The summed E-state index contributed by atoms with van der Waals surface area (Å²) in [5.74, 6) is 3.11. The average Bonchev–Trinajstić information content (AvgIpc) is 3.48. The zero-order valence-corrected chi connectivity index (χ0v) is 14.6. The summed E-state index contributed by atoms with van der Waals surface area (Å²) in [4.78, 5) is 31.0. The minimum Gasteiger partial charge on any atom is -0.356 e. The van der Waals surface area contributed by atoms with Crippen LogP contribution in [0.15, 0.2) is 35.4 Å². The second-order valence-electron chi connectivity index (χ2n) is 7.39. The molecule has 26 heavy (non-hydrogen) atoms. The molecule has 0 unspecified atom stereocenters. The number of imidazole rings is 1. The number of H-pyrrole nitrogens is 1. The summed E-state index contributed by atoms with van der Waals surface area (Å²) in [5.41, 5.74) is 1.50. The monoisotopic (exact) mass is 350 g/mol. The Kier molecular flexibility index (Phi) is 3.72. The summed E-state index contributed by atoms with van der Waals surface area (Å²) >= 11 is 0. The Bertz CT molecular complexity index is 981. The molecule has 0 amide bonds. The van der Waals surface area contributed by atoms with Gasteiger partial charge in [-0.3, -0.25) is 4.57 Å². The second-order valence-corrected chi connectivity index (χ2v) is 7.39. The van der Waals surface area contributed by atoms with Gasteiger partial charge < -0.3 is 9.88 Å². The Morgan fingerprint density at radius 1 is 1.08 bits per heavy atom. The second kappa shape index (κ2) is 6.23. The molecule has 0 radical (unpaired) electrons. The lowest BCUT2D eigenvalue weighted by Gasteiger charge is -2.32. The fourth-order valence-corrected chi connectivity index (χ4v) is 3.84. The first-order chi connectivity index (χ1) is 12.8. The Hall–Kier alpha value is -2.70. The molecular weight excluding hydrogens is 328 g/mol. The molecule has 4 heterocycles. The van der Waals surface area contributed by atoms with Gasteiger partial charge in [0.1, 0.15) is 11.6 Å². The van der Waals surface area contributed by atoms with Gasteiger partial charge in [0.25, 0.3) is 0 Å². The number of hydrogen-bond acceptors (Lipinski definition) is 5. The van der Waals surface area contributed by atoms with E-state index in [9.17, 15) is 4.79 Å². The van der Waals surface area contributed by atoms with Crippen molar-refractivity contribution in [1.29, 1.82) is 0 Å². The molecule has 1 saturated carbocycles. The molecule has 0 bridgehead atoms. The van der Waals surface area contributed by atoms with Crippen LogP contribution in [0.4, 0.5) is 5.82 Å². The molecule has 134 valence electrons. The Morgan fingerprint density at radius 3 is 2.73 bits per heavy atom. The van der Waals surface area contributed by atoms with Gasteiger partial charge >= 0.3 is 5.69 Å². The molecule has 1 aliphatic heterocycles. The fourth-order valence-electron chi connectivity index (χ4n) is 3.84. The minimum absolute atomic E-state index is 0.0639. The molecule has 5 rings (SSSR count). The summed E-state index contributed by atoms with van der Waals surface area (Å²) < 4.78 is 1.78. The van der Waals surface area contributed by atoms with E-state index in [4.69, 9.17) is 4.98 Å². The van der Waals surface area contributed by atoms with Crippen LogP contribution in [0.5, 0.6) is 0 Å². The predicted molar refractivity (Wildman–Crippen MR) is 99.3 cm³/mol. The highest BCUT2D eigenvalue weighted by molar-refractivity contribution is 5.69. The van der Waals surface area contributed by atoms with Crippen LogP contribution >= 0.6 is 0 Å². The van der Waals surface area contributed by atoms with E-state index in [1.165, 1.54) is 12.8 Å². The third kappa shape index (κ3) is 2.87. The van der Waals surface area contributed by atoms with E-state index in [1.807, 2.05) is 24.4 Å². The lowest BCUT2D eigenvalue weighted by molar-refractivity contribution is 0.355. The predicted octanol–water partition coefficient (Wildman–Crippen LogP) is 2.31. The topological polar surface area (TPSA) is 79.7 Å². The van der Waals surface area contributed by atoms with Crippen LogP contribution in [0.3, 0.4) is 0 Å². The van der Waals surface area contributed by atoms with Crippen LogP contribution in [-0.4, -0.2) is 37.6 Å². The third-order valence-electron chi connectivity index (χ3n) is 5.51. The number of hydrogen-bond donors (Lipinski definition) is 1. The van der Waals surface area contributed by atoms with Gasteiger partial charge in [0.15, 0.2) is 5.65 Å². The quantitative estimate of drug-likeness (QED) is 0.781. The number of aromatic amines is 1. The lowest BCUT2D eigenvalue weighted by atomic mass is 9.96. The van der Waals surface area contributed by atoms with Gasteiger partial charge in [-0.25, -0.2) is 19.7 Å². The highest BCUT2D eigenvalue weighted by atomic mass is 16.1. The van der Waals surface area contributed by atoms with Crippen molar-refractivity contribution in [3.8, 4) is 0 Å². The molecule has 0 atom stereocenters. The number of fused-ring (bicyclic) bond motifs is 1. The van der Waals surface area contributed by atoms with Crippen LogP contribution in [0.25, 0.3) is 11.2 Å². The molecule has 2 aliphatic rings. The fraction of sp³-hybridized carbons (Fsp3) is 0.474. The summed E-state index contributed by atoms with van der Waals surface area (Å²) in [6.45, 7) is 2.66. The number of rotatable bonds is 4. The molecule has 1 N–H and O–H groups in total. The van der Waals surface area contributed by atoms with Gasteiger partial charge in [0.05, 0.1) is 5.52 Å². The maximum atomic E-state index is 12.2. The van der Waals surface area contributed by atoms with Crippen molar-refractivity contribution in [2.24, 2.45) is 5.92 Å². The number of nitrogens with zero attached hydrogens (tertiary/aromatic N) is 5. The lowest BCUT2D eigenvalue weighted by Crippen LogP contribution is -2.36. The normalized spacial score (nSPS) is 18.5. The molecule has 3 aromatic heterocycles. The van der Waals surface area contributed by atoms with E-state index in [2.05, 4.69) is 19.9 Å². The largest absolute Gasteiger partial charge is 0.356 e. The van der Waals surface area contributed by atoms with E-state index >= 15 is 0 Å². The van der Waals surface area contributed by atoms with Gasteiger partial charge in [0, 0.05) is 37.9 Å². The first kappa shape index (κ1) is 15.5. The molecule has 7 heteroatoms. The van der Waals surface area contributed by atoms with Gasteiger partial charge in [-0.05, 0) is 49.8 Å². The molecule has 0 spiro atoms. The van der Waals surface area contributed by atoms with E-state index in [0.29, 0.717) is 11.8 Å². The van der Waals surface area contributed by atoms with E-state index < -0.39 is 0 Å². The maximum absolute atomic E-state index is 12.2. The molecule has 3 aromatic rings. The van der Waals surface area contributed by atoms with Gasteiger partial charge in [-0.2, -0.15) is 0 Å². The van der Waals surface area contributed by atoms with Crippen molar-refractivity contribution < 1.29 is 0 Å². The molecular formula is C19H22N6O. The highest BCUT2D eigenvalue weighted by Gasteiger charge is 2.28. The van der Waals surface area contributed by atoms with Crippen LogP contribution in [-0.2, 0) is 6.54 Å². The maximum Gasteiger partial charge on any atom is 0.327 e. The number of nitrogens with one attached hydrogen (secondary N) is 1. The van der Waals surface area contributed by atoms with Gasteiger partial charge in [0.2, 0.25) is 0 Å². The number of aromatic nitrogens is 5. The average molecular weight is 350 g/mol. The van der Waals surface area contributed by atoms with Crippen LogP contribution in [0, 0.1) is 5.92 Å². The van der Waals surface area contributed by atoms with Gasteiger partial charge in [-0.15, -0.1) is 0 Å². The Labute approximate surface area is 151 Å². The Balaban J connectivity index is 1.28. The standard InChI is InChI=1S/C19H22N6O/c26-19-22-15-2-1-8-21-18(15)25(19)12-13-6-10-24(11-7-13)16-5-9-20-17(23-16)14-3-4-14/h1-2,5,8-9,13-14H,3-4,6-7,10-12H2,(H,22,26). The molecule has 2 fully saturated rings. The Morgan fingerprint density at radius 2 is 1.92 bits per heavy atom. The zero-order chi connectivity index (χ0) is 17.5. The number of piperidine rings is 1. The van der Waals surface area contributed by atoms with Crippen LogP contribution < -0.4 is 10.6 Å². The number of anilines is 1. The first-order valence-electron chi connectivity index (χ1n) is 9.39. The minimum atomic E-state index is -0.0639. The first-order valence-corrected chi connectivity index (χ1v) is 9.39. The van der Waals surface area contributed by atoms with Crippen molar-refractivity contribution in [2.75, 3.05) is 18.0 Å². The molecule has 1 aliphatic carbocycles. The molecule has 7 nitrogen and oxygen atoms in total. The van der Waals surface area contributed by atoms with Gasteiger partial charge in [-0.1, -0.05) is 0 Å². The van der Waals surface area contributed by atoms with E-state index in [-0.39, 0.29) is 5.69 Å². The zero-order valence-electron chi connectivity index (χ0n) is 14.6. The van der Waals surface area contributed by atoms with Crippen molar-refractivity contribution in [3.63, 3.8) is 0 Å². The SMILES string of the molecule is O=c1[nH]c2cccnc2n1CC1CCN(c2ccnc(C3CC3)n2)CC1. The molecule has 1 saturated heterocycles. The van der Waals surface area contributed by atoms with Crippen molar-refractivity contribution >= 4 is 17.0 Å². The van der Waals surface area contributed by atoms with Crippen LogP contribution in [0.2, 0.25) is 0 Å². The summed E-state index contributed by atoms with van der Waals surface area (Å²) in [7, 11) is 0. The van der Waals surface area contributed by atoms with Crippen molar-refractivity contribution in [2.45, 2.75) is 38.1 Å². The highest BCUT2D eigenvalue weighted by Crippen LogP contribution is 2.38. The van der Waals surface area contributed by atoms with Crippen LogP contribution in [0.1, 0.15) is 37.4 Å². The number of pyridine rings is 1. The van der Waals surface area contributed by atoms with Crippen molar-refractivity contribution in [3.05, 3.63) is 46.9 Å². The van der Waals surface area contributed by atoms with E-state index in [0.717, 1.165) is 55.3 Å². The summed E-state index contributed by atoms with van der Waals surface area (Å²) in [5, 5.41) is 0. The summed E-state index contributed by atoms with van der Waals surface area (Å²) in [6.07, 6.45) is 8.17. The smallest absolute Gasteiger partial charge is 0.327 e. The molecule has 0 aromatic carbocycles. The van der Waals surface area contributed by atoms with Crippen molar-refractivity contribution in [1.82, 2.24) is 24.5 Å².